The summed E-state index contributed by atoms with van der Waals surface area (Å²) < 4.78 is 40.4. The molecule has 0 unspecified atom stereocenters. The summed E-state index contributed by atoms with van der Waals surface area (Å²) in [7, 11) is 0. The summed E-state index contributed by atoms with van der Waals surface area (Å²) in [5.41, 5.74) is 1.21. The Morgan fingerprint density at radius 3 is 2.40 bits per heavy atom. The fourth-order valence-corrected chi connectivity index (χ4v) is 2.27. The van der Waals surface area contributed by atoms with Crippen LogP contribution in [0.1, 0.15) is 23.3 Å². The zero-order valence-corrected chi connectivity index (χ0v) is 12.8. The first-order valence-corrected chi connectivity index (χ1v) is 7.48. The molecule has 2 aromatic rings. The topological polar surface area (TPSA) is 68.3 Å². The van der Waals surface area contributed by atoms with Crippen molar-refractivity contribution >= 4 is 18.0 Å². The number of aromatic nitrogens is 1. The number of alkyl halides is 3. The van der Waals surface area contributed by atoms with Crippen LogP contribution >= 0.6 is 0 Å². The minimum absolute atomic E-state index is 0.0241. The summed E-state index contributed by atoms with van der Waals surface area (Å²) >= 11 is 0. The lowest BCUT2D eigenvalue weighted by Gasteiger charge is -2.10. The summed E-state index contributed by atoms with van der Waals surface area (Å²) in [6.45, 7) is 0. The number of anilines is 1. The van der Waals surface area contributed by atoms with Gasteiger partial charge >= 0.3 is 6.36 Å². The number of nitrogens with one attached hydrogen (secondary N) is 1. The Morgan fingerprint density at radius 1 is 1.16 bits per heavy atom. The molecule has 0 spiro atoms. The van der Waals surface area contributed by atoms with Crippen LogP contribution in [-0.4, -0.2) is 23.5 Å². The second kappa shape index (κ2) is 6.54. The standard InChI is InChI=1S/C17H13F3N2O3/c18-17(19,20)25-14-5-3-10(4-6-14)12-7-13(9-23)21-15(8-12)22-16(24)11-1-2-11/h3-9,11H,1-2H2,(H,21,22,24). The summed E-state index contributed by atoms with van der Waals surface area (Å²) in [5.74, 6) is -0.297. The highest BCUT2D eigenvalue weighted by molar-refractivity contribution is 5.94. The van der Waals surface area contributed by atoms with Crippen LogP contribution in [0, 0.1) is 5.92 Å². The third-order valence-electron chi connectivity index (χ3n) is 3.59. The van der Waals surface area contributed by atoms with Gasteiger partial charge < -0.3 is 10.1 Å². The van der Waals surface area contributed by atoms with Gasteiger partial charge in [-0.3, -0.25) is 9.59 Å². The largest absolute Gasteiger partial charge is 0.573 e. The molecule has 1 aliphatic carbocycles. The lowest BCUT2D eigenvalue weighted by molar-refractivity contribution is -0.274. The van der Waals surface area contributed by atoms with E-state index < -0.39 is 6.36 Å². The van der Waals surface area contributed by atoms with Crippen molar-refractivity contribution in [1.82, 2.24) is 4.98 Å². The average Bonchev–Trinajstić information content (AvgIpc) is 3.38. The number of halogens is 3. The van der Waals surface area contributed by atoms with Gasteiger partial charge in [0.05, 0.1) is 0 Å². The molecule has 1 N–H and O–H groups in total. The number of nitrogens with zero attached hydrogens (tertiary/aromatic N) is 1. The minimum Gasteiger partial charge on any atom is -0.406 e. The molecule has 1 saturated carbocycles. The van der Waals surface area contributed by atoms with Crippen LogP contribution in [0.4, 0.5) is 19.0 Å². The Morgan fingerprint density at radius 2 is 1.84 bits per heavy atom. The lowest BCUT2D eigenvalue weighted by Crippen LogP contribution is -2.16. The van der Waals surface area contributed by atoms with E-state index in [0.717, 1.165) is 12.8 Å². The van der Waals surface area contributed by atoms with Crippen LogP contribution in [0.15, 0.2) is 36.4 Å². The van der Waals surface area contributed by atoms with Crippen LogP contribution in [0.5, 0.6) is 5.75 Å². The van der Waals surface area contributed by atoms with E-state index in [0.29, 0.717) is 17.4 Å². The van der Waals surface area contributed by atoms with Gasteiger partial charge in [-0.25, -0.2) is 4.98 Å². The number of ether oxygens (including phenoxy) is 1. The number of hydrogen-bond donors (Lipinski definition) is 1. The first kappa shape index (κ1) is 16.9. The molecule has 0 atom stereocenters. The Bertz CT molecular complexity index is 800. The highest BCUT2D eigenvalue weighted by Crippen LogP contribution is 2.31. The second-order valence-electron chi connectivity index (χ2n) is 5.62. The summed E-state index contributed by atoms with van der Waals surface area (Å²) in [6.07, 6.45) is -2.57. The number of amides is 1. The number of rotatable bonds is 5. The maximum Gasteiger partial charge on any atom is 0.573 e. The molecule has 0 saturated heterocycles. The Kier molecular flexibility index (Phi) is 4.43. The highest BCUT2D eigenvalue weighted by atomic mass is 19.4. The van der Waals surface area contributed by atoms with E-state index in [4.69, 9.17) is 0 Å². The number of aldehydes is 1. The zero-order valence-electron chi connectivity index (χ0n) is 12.8. The van der Waals surface area contributed by atoms with Crippen molar-refractivity contribution < 1.29 is 27.5 Å². The molecule has 8 heteroatoms. The van der Waals surface area contributed by atoms with Crippen molar-refractivity contribution in [3.8, 4) is 16.9 Å². The molecule has 25 heavy (non-hydrogen) atoms. The van der Waals surface area contributed by atoms with Crippen molar-refractivity contribution in [2.45, 2.75) is 19.2 Å². The van der Waals surface area contributed by atoms with E-state index in [1.807, 2.05) is 0 Å². The third-order valence-corrected chi connectivity index (χ3v) is 3.59. The molecule has 130 valence electrons. The Balaban J connectivity index is 1.85. The molecule has 0 radical (unpaired) electrons. The number of hydrogen-bond acceptors (Lipinski definition) is 4. The number of pyridine rings is 1. The van der Waals surface area contributed by atoms with E-state index in [1.165, 1.54) is 30.3 Å². The maximum atomic E-state index is 12.2. The van der Waals surface area contributed by atoms with Crippen molar-refractivity contribution in [3.05, 3.63) is 42.1 Å². The Hall–Kier alpha value is -2.90. The quantitative estimate of drug-likeness (QED) is 0.833. The summed E-state index contributed by atoms with van der Waals surface area (Å²) in [6, 6.07) is 8.25. The molecular weight excluding hydrogens is 337 g/mol. The molecule has 1 aliphatic rings. The van der Waals surface area contributed by atoms with Gasteiger partial charge in [-0.2, -0.15) is 0 Å². The van der Waals surface area contributed by atoms with Crippen molar-refractivity contribution in [2.24, 2.45) is 5.92 Å². The van der Waals surface area contributed by atoms with Crippen molar-refractivity contribution in [1.29, 1.82) is 0 Å². The predicted molar refractivity (Wildman–Crippen MR) is 83.1 cm³/mol. The van der Waals surface area contributed by atoms with Gasteiger partial charge in [0, 0.05) is 5.92 Å². The zero-order chi connectivity index (χ0) is 18.0. The van der Waals surface area contributed by atoms with Crippen molar-refractivity contribution in [2.75, 3.05) is 5.32 Å². The minimum atomic E-state index is -4.76. The van der Waals surface area contributed by atoms with Gasteiger partial charge in [0.2, 0.25) is 5.91 Å². The maximum absolute atomic E-state index is 12.2. The monoisotopic (exact) mass is 350 g/mol. The molecular formula is C17H13F3N2O3. The highest BCUT2D eigenvalue weighted by Gasteiger charge is 2.31. The molecule has 1 fully saturated rings. The van der Waals surface area contributed by atoms with Gasteiger partial charge in [0.15, 0.2) is 6.29 Å². The fraction of sp³-hybridized carbons (Fsp3) is 0.235. The predicted octanol–water partition coefficient (Wildman–Crippen LogP) is 3.81. The molecule has 0 aliphatic heterocycles. The van der Waals surface area contributed by atoms with E-state index in [1.54, 1.807) is 6.07 Å². The second-order valence-corrected chi connectivity index (χ2v) is 5.62. The third kappa shape index (κ3) is 4.56. The van der Waals surface area contributed by atoms with Gasteiger partial charge in [-0.05, 0) is 48.2 Å². The molecule has 5 nitrogen and oxygen atoms in total. The molecule has 1 heterocycles. The molecule has 3 rings (SSSR count). The number of carbonyl (C=O) groups excluding carboxylic acids is 2. The fourth-order valence-electron chi connectivity index (χ4n) is 2.27. The van der Waals surface area contributed by atoms with Crippen LogP contribution in [0.3, 0.4) is 0 Å². The van der Waals surface area contributed by atoms with Gasteiger partial charge in [-0.1, -0.05) is 12.1 Å². The van der Waals surface area contributed by atoms with E-state index in [-0.39, 0.29) is 29.1 Å². The SMILES string of the molecule is O=Cc1cc(-c2ccc(OC(F)(F)F)cc2)cc(NC(=O)C2CC2)n1. The van der Waals surface area contributed by atoms with Gasteiger partial charge in [0.1, 0.15) is 17.3 Å². The number of carbonyl (C=O) groups is 2. The van der Waals surface area contributed by atoms with Crippen LogP contribution in [0.2, 0.25) is 0 Å². The van der Waals surface area contributed by atoms with Gasteiger partial charge in [-0.15, -0.1) is 13.2 Å². The Labute approximate surface area is 140 Å². The first-order valence-electron chi connectivity index (χ1n) is 7.48. The van der Waals surface area contributed by atoms with Gasteiger partial charge in [0.25, 0.3) is 0 Å². The normalized spacial score (nSPS) is 14.0. The molecule has 0 bridgehead atoms. The molecule has 1 aromatic heterocycles. The van der Waals surface area contributed by atoms with E-state index in [2.05, 4.69) is 15.0 Å². The average molecular weight is 350 g/mol. The molecule has 1 amide bonds. The van der Waals surface area contributed by atoms with E-state index in [9.17, 15) is 22.8 Å². The summed E-state index contributed by atoms with van der Waals surface area (Å²) in [5, 5.41) is 2.65. The van der Waals surface area contributed by atoms with Crippen LogP contribution in [0.25, 0.3) is 11.1 Å². The first-order chi connectivity index (χ1) is 11.8. The van der Waals surface area contributed by atoms with Crippen molar-refractivity contribution in [3.63, 3.8) is 0 Å². The van der Waals surface area contributed by atoms with E-state index >= 15 is 0 Å². The number of benzene rings is 1. The molecule has 1 aromatic carbocycles. The summed E-state index contributed by atoms with van der Waals surface area (Å²) in [4.78, 5) is 26.9. The van der Waals surface area contributed by atoms with Crippen LogP contribution < -0.4 is 10.1 Å². The smallest absolute Gasteiger partial charge is 0.406 e. The lowest BCUT2D eigenvalue weighted by atomic mass is 10.1. The van der Waals surface area contributed by atoms with Crippen LogP contribution in [-0.2, 0) is 4.79 Å².